The molecule has 0 fully saturated rings. The van der Waals surface area contributed by atoms with Gasteiger partial charge in [0.2, 0.25) is 5.78 Å². The molecule has 1 aliphatic heterocycles. The Kier molecular flexibility index (Phi) is 6.05. The van der Waals surface area contributed by atoms with Crippen molar-refractivity contribution in [3.8, 4) is 11.5 Å². The Morgan fingerprint density at radius 3 is 2.69 bits per heavy atom. The number of aromatic amines is 1. The molecule has 5 rings (SSSR count). The van der Waals surface area contributed by atoms with Crippen molar-refractivity contribution in [2.75, 3.05) is 20.8 Å². The van der Waals surface area contributed by atoms with Crippen molar-refractivity contribution in [3.05, 3.63) is 93.5 Å². The number of ketones is 1. The van der Waals surface area contributed by atoms with Crippen molar-refractivity contribution in [3.63, 3.8) is 0 Å². The van der Waals surface area contributed by atoms with E-state index in [0.29, 0.717) is 22.6 Å². The first kappa shape index (κ1) is 22.7. The molecule has 8 heteroatoms. The van der Waals surface area contributed by atoms with Gasteiger partial charge >= 0.3 is 0 Å². The number of ether oxygens (including phenoxy) is 2. The number of nitrogens with one attached hydrogen (secondary N) is 1. The molecule has 0 radical (unpaired) electrons. The van der Waals surface area contributed by atoms with Gasteiger partial charge in [-0.2, -0.15) is 0 Å². The molecular weight excluding hydrogens is 464 g/mol. The number of aliphatic hydroxyl groups excluding tert-OH is 1. The highest BCUT2D eigenvalue weighted by molar-refractivity contribution is 7.12. The van der Waals surface area contributed by atoms with Crippen LogP contribution in [0.4, 0.5) is 0 Å². The molecule has 1 aliphatic rings. The molecule has 1 amide bonds. The minimum absolute atomic E-state index is 0.0718. The van der Waals surface area contributed by atoms with Crippen LogP contribution < -0.4 is 9.47 Å². The number of rotatable bonds is 8. The quantitative estimate of drug-likeness (QED) is 0.338. The SMILES string of the molecule is COc1ccc2[nH]cc(CCN3C(=O)C(O)=C(C(=O)c4cccs4)[C@H]3c3ccccc3OC)c2c1. The number of Topliss-reactive ketones (excluding diaryl/α,β-unsaturated/α-hetero) is 1. The summed E-state index contributed by atoms with van der Waals surface area (Å²) in [6.45, 7) is 0.289. The third-order valence-corrected chi connectivity index (χ3v) is 7.19. The lowest BCUT2D eigenvalue weighted by Gasteiger charge is -2.28. The summed E-state index contributed by atoms with van der Waals surface area (Å²) >= 11 is 1.27. The van der Waals surface area contributed by atoms with Crippen molar-refractivity contribution in [2.24, 2.45) is 0 Å². The van der Waals surface area contributed by atoms with Gasteiger partial charge in [0.15, 0.2) is 5.76 Å². The van der Waals surface area contributed by atoms with Gasteiger partial charge in [-0.25, -0.2) is 0 Å². The van der Waals surface area contributed by atoms with E-state index < -0.39 is 17.7 Å². The van der Waals surface area contributed by atoms with E-state index in [2.05, 4.69) is 4.98 Å². The second kappa shape index (κ2) is 9.31. The summed E-state index contributed by atoms with van der Waals surface area (Å²) in [6, 6.07) is 15.7. The van der Waals surface area contributed by atoms with E-state index in [0.717, 1.165) is 22.2 Å². The van der Waals surface area contributed by atoms with E-state index in [9.17, 15) is 14.7 Å². The summed E-state index contributed by atoms with van der Waals surface area (Å²) in [5.41, 5.74) is 2.68. The van der Waals surface area contributed by atoms with E-state index in [-0.39, 0.29) is 17.9 Å². The van der Waals surface area contributed by atoms with Gasteiger partial charge in [0, 0.05) is 29.2 Å². The normalized spacial score (nSPS) is 15.8. The van der Waals surface area contributed by atoms with Gasteiger partial charge in [-0.15, -0.1) is 11.3 Å². The van der Waals surface area contributed by atoms with E-state index in [4.69, 9.17) is 9.47 Å². The summed E-state index contributed by atoms with van der Waals surface area (Å²) in [4.78, 5) is 32.0. The first-order valence-corrected chi connectivity index (χ1v) is 12.0. The maximum atomic E-state index is 13.4. The Balaban J connectivity index is 1.53. The molecule has 7 nitrogen and oxygen atoms in total. The number of aliphatic hydroxyl groups is 1. The Labute approximate surface area is 206 Å². The average molecular weight is 489 g/mol. The van der Waals surface area contributed by atoms with Gasteiger partial charge in [-0.05, 0) is 47.7 Å². The molecule has 0 saturated carbocycles. The molecule has 3 heterocycles. The fourth-order valence-electron chi connectivity index (χ4n) is 4.60. The topological polar surface area (TPSA) is 91.9 Å². The molecule has 4 aromatic rings. The maximum Gasteiger partial charge on any atom is 0.290 e. The van der Waals surface area contributed by atoms with Crippen LogP contribution in [-0.2, 0) is 11.2 Å². The van der Waals surface area contributed by atoms with Crippen LogP contribution in [0.2, 0.25) is 0 Å². The molecule has 1 atom stereocenters. The largest absolute Gasteiger partial charge is 0.503 e. The zero-order valence-electron chi connectivity index (χ0n) is 19.3. The van der Waals surface area contributed by atoms with Crippen LogP contribution in [-0.4, -0.2) is 47.4 Å². The fourth-order valence-corrected chi connectivity index (χ4v) is 5.28. The van der Waals surface area contributed by atoms with Crippen molar-refractivity contribution in [1.29, 1.82) is 0 Å². The second-order valence-corrected chi connectivity index (χ2v) is 9.13. The number of H-pyrrole nitrogens is 1. The number of thiophene rings is 1. The molecule has 0 aliphatic carbocycles. The third kappa shape index (κ3) is 3.95. The van der Waals surface area contributed by atoms with Gasteiger partial charge in [0.1, 0.15) is 11.5 Å². The summed E-state index contributed by atoms with van der Waals surface area (Å²) in [5.74, 6) is -0.164. The van der Waals surface area contributed by atoms with Crippen molar-refractivity contribution in [2.45, 2.75) is 12.5 Å². The molecule has 2 N–H and O–H groups in total. The lowest BCUT2D eigenvalue weighted by Crippen LogP contribution is -2.33. The number of aromatic nitrogens is 1. The Morgan fingerprint density at radius 1 is 1.11 bits per heavy atom. The minimum atomic E-state index is -0.770. The predicted molar refractivity (Wildman–Crippen MR) is 134 cm³/mol. The number of para-hydroxylation sites is 1. The summed E-state index contributed by atoms with van der Waals surface area (Å²) in [5, 5.41) is 13.7. The monoisotopic (exact) mass is 488 g/mol. The molecule has 2 aromatic carbocycles. The number of hydrogen-bond donors (Lipinski definition) is 2. The van der Waals surface area contributed by atoms with Crippen LogP contribution in [0, 0.1) is 0 Å². The average Bonchev–Trinajstić information content (AvgIpc) is 3.62. The summed E-state index contributed by atoms with van der Waals surface area (Å²) in [7, 11) is 3.17. The van der Waals surface area contributed by atoms with Crippen LogP contribution in [0.15, 0.2) is 77.5 Å². The molecule has 35 heavy (non-hydrogen) atoms. The van der Waals surface area contributed by atoms with Gasteiger partial charge < -0.3 is 24.5 Å². The smallest absolute Gasteiger partial charge is 0.290 e. The highest BCUT2D eigenvalue weighted by atomic mass is 32.1. The maximum absolute atomic E-state index is 13.4. The molecule has 0 bridgehead atoms. The van der Waals surface area contributed by atoms with E-state index >= 15 is 0 Å². The number of carbonyl (C=O) groups excluding carboxylic acids is 2. The highest BCUT2D eigenvalue weighted by Gasteiger charge is 2.44. The molecule has 2 aromatic heterocycles. The van der Waals surface area contributed by atoms with Crippen LogP contribution in [0.1, 0.15) is 26.8 Å². The summed E-state index contributed by atoms with van der Waals surface area (Å²) in [6.07, 6.45) is 2.42. The first-order chi connectivity index (χ1) is 17.0. The number of amides is 1. The zero-order chi connectivity index (χ0) is 24.5. The van der Waals surface area contributed by atoms with Crippen molar-refractivity contribution < 1.29 is 24.2 Å². The molecule has 0 spiro atoms. The number of carbonyl (C=O) groups is 2. The number of benzene rings is 2. The number of hydrogen-bond acceptors (Lipinski definition) is 6. The van der Waals surface area contributed by atoms with Crippen LogP contribution in [0.5, 0.6) is 11.5 Å². The van der Waals surface area contributed by atoms with E-state index in [1.54, 1.807) is 42.7 Å². The van der Waals surface area contributed by atoms with E-state index in [1.165, 1.54) is 11.3 Å². The number of methoxy groups -OCH3 is 2. The van der Waals surface area contributed by atoms with Crippen molar-refractivity contribution >= 4 is 33.9 Å². The lowest BCUT2D eigenvalue weighted by atomic mass is 9.94. The van der Waals surface area contributed by atoms with Gasteiger partial charge in [-0.3, -0.25) is 9.59 Å². The lowest BCUT2D eigenvalue weighted by molar-refractivity contribution is -0.129. The first-order valence-electron chi connectivity index (χ1n) is 11.1. The molecule has 0 unspecified atom stereocenters. The van der Waals surface area contributed by atoms with Gasteiger partial charge in [0.05, 0.1) is 30.7 Å². The zero-order valence-corrected chi connectivity index (χ0v) is 20.1. The Bertz CT molecular complexity index is 1440. The standard InChI is InChI=1S/C27H24N2O5S/c1-33-17-9-10-20-19(14-17)16(15-28-20)11-12-29-24(18-6-3-4-7-21(18)34-2)23(26(31)27(29)32)25(30)22-8-5-13-35-22/h3-10,13-15,24,28,31H,11-12H2,1-2H3/t24-/m1/s1. The van der Waals surface area contributed by atoms with Crippen LogP contribution >= 0.6 is 11.3 Å². The van der Waals surface area contributed by atoms with Crippen LogP contribution in [0.25, 0.3) is 10.9 Å². The molecular formula is C27H24N2O5S. The van der Waals surface area contributed by atoms with Gasteiger partial charge in [-0.1, -0.05) is 24.3 Å². The summed E-state index contributed by atoms with van der Waals surface area (Å²) < 4.78 is 10.9. The van der Waals surface area contributed by atoms with Crippen molar-refractivity contribution in [1.82, 2.24) is 9.88 Å². The number of fused-ring (bicyclic) bond motifs is 1. The number of nitrogens with zero attached hydrogens (tertiary/aromatic N) is 1. The Hall–Kier alpha value is -4.04. The predicted octanol–water partition coefficient (Wildman–Crippen LogP) is 5.07. The van der Waals surface area contributed by atoms with Crippen LogP contribution in [0.3, 0.4) is 0 Å². The van der Waals surface area contributed by atoms with Gasteiger partial charge in [0.25, 0.3) is 5.91 Å². The molecule has 178 valence electrons. The van der Waals surface area contributed by atoms with E-state index in [1.807, 2.05) is 42.6 Å². The fraction of sp³-hybridized carbons (Fsp3) is 0.185. The Morgan fingerprint density at radius 2 is 1.94 bits per heavy atom. The minimum Gasteiger partial charge on any atom is -0.503 e. The second-order valence-electron chi connectivity index (χ2n) is 8.19. The highest BCUT2D eigenvalue weighted by Crippen LogP contribution is 2.42. The third-order valence-electron chi connectivity index (χ3n) is 6.32. The molecule has 0 saturated heterocycles.